The molecule has 2 heterocycles. The Labute approximate surface area is 180 Å². The number of amides is 1. The van der Waals surface area contributed by atoms with Gasteiger partial charge >= 0.3 is 6.18 Å². The number of carbonyl (C=O) groups excluding carboxylic acids is 1. The van der Waals surface area contributed by atoms with Crippen molar-refractivity contribution in [3.63, 3.8) is 0 Å². The third-order valence-electron chi connectivity index (χ3n) is 4.77. The van der Waals surface area contributed by atoms with Crippen molar-refractivity contribution >= 4 is 32.6 Å². The van der Waals surface area contributed by atoms with E-state index in [4.69, 9.17) is 9.47 Å². The topological polar surface area (TPSA) is 54.9 Å². The molecule has 3 aromatic rings. The number of halogens is 3. The first-order valence-electron chi connectivity index (χ1n) is 9.56. The number of aromatic nitrogens is 1. The fraction of sp³-hybridized carbons (Fsp3) is 0.333. The Morgan fingerprint density at radius 2 is 1.87 bits per heavy atom. The Kier molecular flexibility index (Phi) is 5.76. The Bertz CT molecular complexity index is 1070. The van der Waals surface area contributed by atoms with Crippen molar-refractivity contribution in [1.82, 2.24) is 9.88 Å². The SMILES string of the molecule is CN(C)CCCN(C(=O)c1cccc(C(F)(F)F)c1)c1nc2cc3c(cc2s1)OCO3. The van der Waals surface area contributed by atoms with Crippen LogP contribution in [-0.4, -0.2) is 49.8 Å². The zero-order chi connectivity index (χ0) is 22.2. The highest BCUT2D eigenvalue weighted by atomic mass is 32.1. The summed E-state index contributed by atoms with van der Waals surface area (Å²) in [7, 11) is 3.83. The van der Waals surface area contributed by atoms with E-state index >= 15 is 0 Å². The molecule has 1 aromatic heterocycles. The molecule has 0 radical (unpaired) electrons. The standard InChI is InChI=1S/C21H20F3N3O3S/c1-26(2)7-4-8-27(19(28)13-5-3-6-14(9-13)21(22,23)24)20-25-15-10-16-17(30-12-29-16)11-18(15)31-20/h3,5-6,9-11H,4,7-8,12H2,1-2H3. The first-order valence-corrected chi connectivity index (χ1v) is 10.4. The maximum atomic E-state index is 13.2. The summed E-state index contributed by atoms with van der Waals surface area (Å²) in [5.41, 5.74) is -0.256. The van der Waals surface area contributed by atoms with Gasteiger partial charge in [0.25, 0.3) is 5.91 Å². The van der Waals surface area contributed by atoms with E-state index in [2.05, 4.69) is 4.98 Å². The quantitative estimate of drug-likeness (QED) is 0.547. The van der Waals surface area contributed by atoms with Crippen LogP contribution in [0, 0.1) is 0 Å². The lowest BCUT2D eigenvalue weighted by molar-refractivity contribution is -0.137. The van der Waals surface area contributed by atoms with Gasteiger partial charge in [-0.25, -0.2) is 4.98 Å². The van der Waals surface area contributed by atoms with Crippen molar-refractivity contribution in [2.24, 2.45) is 0 Å². The predicted molar refractivity (Wildman–Crippen MR) is 112 cm³/mol. The third-order valence-corrected chi connectivity index (χ3v) is 5.81. The monoisotopic (exact) mass is 451 g/mol. The normalized spacial score (nSPS) is 13.2. The lowest BCUT2D eigenvalue weighted by atomic mass is 10.1. The minimum atomic E-state index is -4.53. The number of fused-ring (bicyclic) bond motifs is 2. The Morgan fingerprint density at radius 3 is 2.58 bits per heavy atom. The molecule has 0 saturated heterocycles. The summed E-state index contributed by atoms with van der Waals surface area (Å²) in [6.45, 7) is 1.18. The van der Waals surface area contributed by atoms with E-state index < -0.39 is 17.6 Å². The fourth-order valence-electron chi connectivity index (χ4n) is 3.23. The van der Waals surface area contributed by atoms with Crippen LogP contribution in [0.15, 0.2) is 36.4 Å². The summed E-state index contributed by atoms with van der Waals surface area (Å²) in [6.07, 6.45) is -3.89. The number of hydrogen-bond donors (Lipinski definition) is 0. The largest absolute Gasteiger partial charge is 0.454 e. The van der Waals surface area contributed by atoms with Crippen LogP contribution in [0.1, 0.15) is 22.3 Å². The average molecular weight is 451 g/mol. The lowest BCUT2D eigenvalue weighted by Crippen LogP contribution is -2.33. The molecule has 0 aliphatic carbocycles. The molecule has 10 heteroatoms. The number of thiazole rings is 1. The van der Waals surface area contributed by atoms with E-state index in [1.807, 2.05) is 19.0 Å². The van der Waals surface area contributed by atoms with Gasteiger partial charge in [0.15, 0.2) is 16.6 Å². The summed E-state index contributed by atoms with van der Waals surface area (Å²) < 4.78 is 51.0. The van der Waals surface area contributed by atoms with Crippen LogP contribution >= 0.6 is 11.3 Å². The first kappa shape index (κ1) is 21.4. The second-order valence-corrected chi connectivity index (χ2v) is 8.37. The van der Waals surface area contributed by atoms with E-state index in [1.54, 1.807) is 12.1 Å². The minimum Gasteiger partial charge on any atom is -0.454 e. The Morgan fingerprint density at radius 1 is 1.13 bits per heavy atom. The van der Waals surface area contributed by atoms with Crippen molar-refractivity contribution in [3.05, 3.63) is 47.5 Å². The number of anilines is 1. The highest BCUT2D eigenvalue weighted by Gasteiger charge is 2.32. The number of alkyl halides is 3. The summed E-state index contributed by atoms with van der Waals surface area (Å²) in [5, 5.41) is 0.417. The van der Waals surface area contributed by atoms with Crippen LogP contribution in [0.3, 0.4) is 0 Å². The Hall–Kier alpha value is -2.85. The molecule has 4 rings (SSSR count). The number of rotatable bonds is 6. The average Bonchev–Trinajstić information content (AvgIpc) is 3.33. The van der Waals surface area contributed by atoms with Gasteiger partial charge in [0.05, 0.1) is 15.8 Å². The van der Waals surface area contributed by atoms with Gasteiger partial charge in [-0.1, -0.05) is 17.4 Å². The highest BCUT2D eigenvalue weighted by molar-refractivity contribution is 7.22. The molecule has 1 aliphatic rings. The molecule has 0 bridgehead atoms. The number of hydrogen-bond acceptors (Lipinski definition) is 6. The Balaban J connectivity index is 1.69. The summed E-state index contributed by atoms with van der Waals surface area (Å²) >= 11 is 1.29. The molecule has 1 amide bonds. The number of nitrogens with zero attached hydrogens (tertiary/aromatic N) is 3. The molecule has 0 saturated carbocycles. The molecule has 0 spiro atoms. The molecule has 0 fully saturated rings. The zero-order valence-electron chi connectivity index (χ0n) is 16.9. The molecule has 2 aromatic carbocycles. The number of carbonyl (C=O) groups is 1. The van der Waals surface area contributed by atoms with E-state index in [0.717, 1.165) is 16.8 Å². The lowest BCUT2D eigenvalue weighted by Gasteiger charge is -2.21. The van der Waals surface area contributed by atoms with E-state index in [-0.39, 0.29) is 12.4 Å². The molecule has 31 heavy (non-hydrogen) atoms. The number of benzene rings is 2. The number of ether oxygens (including phenoxy) is 2. The van der Waals surface area contributed by atoms with Crippen molar-refractivity contribution in [2.75, 3.05) is 38.9 Å². The van der Waals surface area contributed by atoms with E-state index in [1.165, 1.54) is 28.4 Å². The molecule has 1 aliphatic heterocycles. The predicted octanol–water partition coefficient (Wildman–Crippen LogP) is 4.64. The zero-order valence-corrected chi connectivity index (χ0v) is 17.7. The highest BCUT2D eigenvalue weighted by Crippen LogP contribution is 2.40. The maximum Gasteiger partial charge on any atom is 0.416 e. The van der Waals surface area contributed by atoms with Gasteiger partial charge in [-0.2, -0.15) is 13.2 Å². The summed E-state index contributed by atoms with van der Waals surface area (Å²) in [5.74, 6) is 0.655. The molecular formula is C21H20F3N3O3S. The van der Waals surface area contributed by atoms with Crippen molar-refractivity contribution in [2.45, 2.75) is 12.6 Å². The van der Waals surface area contributed by atoms with Crippen LogP contribution < -0.4 is 14.4 Å². The fourth-order valence-corrected chi connectivity index (χ4v) is 4.24. The van der Waals surface area contributed by atoms with Gasteiger partial charge in [-0.05, 0) is 45.3 Å². The molecule has 164 valence electrons. The summed E-state index contributed by atoms with van der Waals surface area (Å²) in [4.78, 5) is 21.2. The second-order valence-electron chi connectivity index (χ2n) is 7.36. The van der Waals surface area contributed by atoms with Gasteiger partial charge in [0.1, 0.15) is 0 Å². The van der Waals surface area contributed by atoms with Crippen molar-refractivity contribution in [3.8, 4) is 11.5 Å². The molecule has 0 atom stereocenters. The van der Waals surface area contributed by atoms with E-state index in [0.29, 0.717) is 41.7 Å². The van der Waals surface area contributed by atoms with Crippen LogP contribution in [0.25, 0.3) is 10.2 Å². The van der Waals surface area contributed by atoms with Gasteiger partial charge in [0, 0.05) is 24.2 Å². The smallest absolute Gasteiger partial charge is 0.416 e. The van der Waals surface area contributed by atoms with Crippen LogP contribution in [0.4, 0.5) is 18.3 Å². The van der Waals surface area contributed by atoms with Crippen molar-refractivity contribution < 1.29 is 27.4 Å². The third kappa shape index (κ3) is 4.59. The first-order chi connectivity index (χ1) is 14.7. The molecule has 0 unspecified atom stereocenters. The van der Waals surface area contributed by atoms with Crippen LogP contribution in [0.5, 0.6) is 11.5 Å². The van der Waals surface area contributed by atoms with Crippen LogP contribution in [-0.2, 0) is 6.18 Å². The van der Waals surface area contributed by atoms with Crippen LogP contribution in [0.2, 0.25) is 0 Å². The molecule has 0 N–H and O–H groups in total. The van der Waals surface area contributed by atoms with Gasteiger partial charge in [-0.3, -0.25) is 9.69 Å². The molecular weight excluding hydrogens is 431 g/mol. The van der Waals surface area contributed by atoms with Gasteiger partial charge in [0.2, 0.25) is 6.79 Å². The molecule has 6 nitrogen and oxygen atoms in total. The van der Waals surface area contributed by atoms with Gasteiger partial charge in [-0.15, -0.1) is 0 Å². The summed E-state index contributed by atoms with van der Waals surface area (Å²) in [6, 6.07) is 8.00. The maximum absolute atomic E-state index is 13.2. The van der Waals surface area contributed by atoms with Gasteiger partial charge < -0.3 is 14.4 Å². The van der Waals surface area contributed by atoms with E-state index in [9.17, 15) is 18.0 Å². The second kappa shape index (κ2) is 8.35. The van der Waals surface area contributed by atoms with Crippen molar-refractivity contribution in [1.29, 1.82) is 0 Å². The minimum absolute atomic E-state index is 0.0342.